The van der Waals surface area contributed by atoms with Crippen molar-refractivity contribution in [3.8, 4) is 5.75 Å². The number of ether oxygens (including phenoxy) is 1. The Balaban J connectivity index is 1.61. The Labute approximate surface area is 177 Å². The van der Waals surface area contributed by atoms with Gasteiger partial charge in [-0.05, 0) is 54.1 Å². The summed E-state index contributed by atoms with van der Waals surface area (Å²) in [4.78, 5) is 12.2. The average molecular weight is 459 g/mol. The summed E-state index contributed by atoms with van der Waals surface area (Å²) >= 11 is 3.48. The van der Waals surface area contributed by atoms with Gasteiger partial charge in [0.2, 0.25) is 5.95 Å². The van der Waals surface area contributed by atoms with Crippen molar-refractivity contribution < 1.29 is 9.53 Å². The van der Waals surface area contributed by atoms with Crippen molar-refractivity contribution in [2.75, 3.05) is 17.2 Å². The Hall–Kier alpha value is -2.94. The molecule has 0 fully saturated rings. The summed E-state index contributed by atoms with van der Waals surface area (Å²) in [5.41, 5.74) is 2.76. The third kappa shape index (κ3) is 6.02. The van der Waals surface area contributed by atoms with Gasteiger partial charge in [-0.25, -0.2) is 4.68 Å². The van der Waals surface area contributed by atoms with Crippen molar-refractivity contribution in [2.24, 2.45) is 0 Å². The molecule has 0 saturated carbocycles. The third-order valence-electron chi connectivity index (χ3n) is 4.12. The fraction of sp³-hybridized carbons (Fsp3) is 0.300. The van der Waals surface area contributed by atoms with E-state index in [4.69, 9.17) is 4.74 Å². The van der Waals surface area contributed by atoms with Crippen LogP contribution >= 0.6 is 15.9 Å². The van der Waals surface area contributed by atoms with E-state index in [1.54, 1.807) is 4.68 Å². The van der Waals surface area contributed by atoms with Gasteiger partial charge in [0.25, 0.3) is 5.91 Å². The van der Waals surface area contributed by atoms with Gasteiger partial charge in [0.15, 0.2) is 6.61 Å². The molecule has 1 heterocycles. The Morgan fingerprint density at radius 2 is 2.00 bits per heavy atom. The molecule has 1 aromatic heterocycles. The van der Waals surface area contributed by atoms with Crippen molar-refractivity contribution in [1.29, 1.82) is 0 Å². The minimum Gasteiger partial charge on any atom is -0.483 e. The Morgan fingerprint density at radius 1 is 1.21 bits per heavy atom. The van der Waals surface area contributed by atoms with Gasteiger partial charge in [-0.2, -0.15) is 0 Å². The van der Waals surface area contributed by atoms with Crippen LogP contribution in [0.3, 0.4) is 0 Å². The number of tetrazole rings is 1. The van der Waals surface area contributed by atoms with Crippen molar-refractivity contribution in [3.63, 3.8) is 0 Å². The van der Waals surface area contributed by atoms with Crippen LogP contribution in [0.2, 0.25) is 0 Å². The molecule has 0 radical (unpaired) electrons. The van der Waals surface area contributed by atoms with Crippen LogP contribution in [0.25, 0.3) is 0 Å². The normalized spacial score (nSPS) is 10.6. The van der Waals surface area contributed by atoms with Gasteiger partial charge >= 0.3 is 0 Å². The smallest absolute Gasteiger partial charge is 0.262 e. The van der Waals surface area contributed by atoms with Gasteiger partial charge in [0.05, 0.1) is 0 Å². The highest BCUT2D eigenvalue weighted by molar-refractivity contribution is 9.10. The number of carbonyl (C=O) groups is 1. The van der Waals surface area contributed by atoms with Crippen LogP contribution in [0.4, 0.5) is 11.6 Å². The second kappa shape index (κ2) is 10.0. The van der Waals surface area contributed by atoms with Crippen molar-refractivity contribution in [3.05, 3.63) is 58.1 Å². The lowest BCUT2D eigenvalue weighted by molar-refractivity contribution is -0.118. The van der Waals surface area contributed by atoms with Gasteiger partial charge in [-0.15, -0.1) is 0 Å². The lowest BCUT2D eigenvalue weighted by Crippen LogP contribution is -2.20. The molecule has 0 aliphatic carbocycles. The van der Waals surface area contributed by atoms with E-state index in [-0.39, 0.29) is 12.5 Å². The lowest BCUT2D eigenvalue weighted by atomic mass is 10.2. The third-order valence-corrected chi connectivity index (χ3v) is 4.61. The Morgan fingerprint density at radius 3 is 2.76 bits per heavy atom. The standard InChI is InChI=1S/C20H23BrN6O2/c1-3-10-27-20(24-25-26-27)22-12-15-11-16(21)6-9-18(15)29-13-19(28)23-17-7-4-14(2)5-8-17/h4-9,11H,3,10,12-13H2,1-2H3,(H,23,28)(H,22,24,26). The second-order valence-electron chi connectivity index (χ2n) is 6.53. The van der Waals surface area contributed by atoms with E-state index in [1.807, 2.05) is 49.4 Å². The summed E-state index contributed by atoms with van der Waals surface area (Å²) in [6.45, 7) is 5.16. The molecule has 0 aliphatic heterocycles. The predicted octanol–water partition coefficient (Wildman–Crippen LogP) is 3.78. The van der Waals surface area contributed by atoms with Crippen molar-refractivity contribution in [2.45, 2.75) is 33.4 Å². The highest BCUT2D eigenvalue weighted by Gasteiger charge is 2.11. The molecule has 3 aromatic rings. The maximum atomic E-state index is 12.2. The summed E-state index contributed by atoms with van der Waals surface area (Å²) in [6, 6.07) is 13.3. The molecule has 3 rings (SSSR count). The molecule has 2 N–H and O–H groups in total. The number of aromatic nitrogens is 4. The van der Waals surface area contributed by atoms with E-state index in [0.717, 1.165) is 34.3 Å². The number of hydrogen-bond acceptors (Lipinski definition) is 6. The van der Waals surface area contributed by atoms with Crippen LogP contribution in [0.1, 0.15) is 24.5 Å². The van der Waals surface area contributed by atoms with Crippen molar-refractivity contribution in [1.82, 2.24) is 20.2 Å². The molecule has 29 heavy (non-hydrogen) atoms. The molecule has 8 nitrogen and oxygen atoms in total. The van der Waals surface area contributed by atoms with E-state index in [9.17, 15) is 4.79 Å². The molecular weight excluding hydrogens is 436 g/mol. The molecule has 0 aliphatic rings. The lowest BCUT2D eigenvalue weighted by Gasteiger charge is -2.13. The molecule has 0 unspecified atom stereocenters. The highest BCUT2D eigenvalue weighted by Crippen LogP contribution is 2.24. The number of nitrogens with one attached hydrogen (secondary N) is 2. The predicted molar refractivity (Wildman–Crippen MR) is 115 cm³/mol. The number of hydrogen-bond donors (Lipinski definition) is 2. The molecule has 2 aromatic carbocycles. The zero-order chi connectivity index (χ0) is 20.6. The van der Waals surface area contributed by atoms with Crippen LogP contribution in [-0.2, 0) is 17.9 Å². The summed E-state index contributed by atoms with van der Waals surface area (Å²) in [6.07, 6.45) is 0.932. The van der Waals surface area contributed by atoms with E-state index < -0.39 is 0 Å². The van der Waals surface area contributed by atoms with Gasteiger partial charge in [0.1, 0.15) is 5.75 Å². The van der Waals surface area contributed by atoms with Crippen LogP contribution < -0.4 is 15.4 Å². The summed E-state index contributed by atoms with van der Waals surface area (Å²) in [5, 5.41) is 17.7. The van der Waals surface area contributed by atoms with Gasteiger partial charge < -0.3 is 15.4 Å². The van der Waals surface area contributed by atoms with E-state index in [1.165, 1.54) is 0 Å². The number of benzene rings is 2. The second-order valence-corrected chi connectivity index (χ2v) is 7.45. The SMILES string of the molecule is CCCn1nnnc1NCc1cc(Br)ccc1OCC(=O)Nc1ccc(C)cc1. The van der Waals surface area contributed by atoms with E-state index in [2.05, 4.69) is 49.0 Å². The zero-order valence-corrected chi connectivity index (χ0v) is 17.9. The molecule has 9 heteroatoms. The number of halogens is 1. The molecular formula is C20H23BrN6O2. The van der Waals surface area contributed by atoms with E-state index >= 15 is 0 Å². The minimum absolute atomic E-state index is 0.0872. The first-order valence-electron chi connectivity index (χ1n) is 9.33. The van der Waals surface area contributed by atoms with Gasteiger partial charge in [-0.1, -0.05) is 45.6 Å². The number of anilines is 2. The van der Waals surface area contributed by atoms with Gasteiger partial charge in [0, 0.05) is 28.8 Å². The highest BCUT2D eigenvalue weighted by atomic mass is 79.9. The number of amides is 1. The fourth-order valence-electron chi connectivity index (χ4n) is 2.67. The summed E-state index contributed by atoms with van der Waals surface area (Å²) in [7, 11) is 0. The number of rotatable bonds is 9. The molecule has 0 saturated heterocycles. The first kappa shape index (κ1) is 20.8. The molecule has 0 spiro atoms. The van der Waals surface area contributed by atoms with E-state index in [0.29, 0.717) is 18.2 Å². The van der Waals surface area contributed by atoms with Crippen molar-refractivity contribution >= 4 is 33.5 Å². The topological polar surface area (TPSA) is 94.0 Å². The Kier molecular flexibility index (Phi) is 7.18. The molecule has 1 amide bonds. The maximum Gasteiger partial charge on any atom is 0.262 e. The summed E-state index contributed by atoms with van der Waals surface area (Å²) in [5.74, 6) is 0.992. The number of aryl methyl sites for hydroxylation is 2. The maximum absolute atomic E-state index is 12.2. The molecule has 0 atom stereocenters. The number of carbonyl (C=O) groups excluding carboxylic acids is 1. The first-order valence-corrected chi connectivity index (χ1v) is 10.1. The molecule has 152 valence electrons. The van der Waals surface area contributed by atoms with Gasteiger partial charge in [-0.3, -0.25) is 4.79 Å². The van der Waals surface area contributed by atoms with Crippen LogP contribution in [0.15, 0.2) is 46.9 Å². The van der Waals surface area contributed by atoms with Crippen LogP contribution in [-0.4, -0.2) is 32.7 Å². The largest absolute Gasteiger partial charge is 0.483 e. The fourth-order valence-corrected chi connectivity index (χ4v) is 3.08. The Bertz CT molecular complexity index is 958. The average Bonchev–Trinajstić information content (AvgIpc) is 3.15. The number of nitrogens with zero attached hydrogens (tertiary/aromatic N) is 4. The quantitative estimate of drug-likeness (QED) is 0.506. The van der Waals surface area contributed by atoms with Crippen LogP contribution in [0, 0.1) is 6.92 Å². The molecule has 0 bridgehead atoms. The van der Waals surface area contributed by atoms with Crippen LogP contribution in [0.5, 0.6) is 5.75 Å². The summed E-state index contributed by atoms with van der Waals surface area (Å²) < 4.78 is 8.40. The monoisotopic (exact) mass is 458 g/mol. The minimum atomic E-state index is -0.220. The zero-order valence-electron chi connectivity index (χ0n) is 16.4. The first-order chi connectivity index (χ1) is 14.0.